The van der Waals surface area contributed by atoms with Crippen LogP contribution in [0.25, 0.3) is 0 Å². The average molecular weight is 277 g/mol. The van der Waals surface area contributed by atoms with Gasteiger partial charge in [0.2, 0.25) is 11.6 Å². The predicted octanol–water partition coefficient (Wildman–Crippen LogP) is 1.47. The van der Waals surface area contributed by atoms with Gasteiger partial charge in [-0.05, 0) is 12.2 Å². The molecule has 0 N–H and O–H groups in total. The molecule has 1 saturated heterocycles. The molecule has 0 spiro atoms. The molecule has 0 atom stereocenters. The zero-order chi connectivity index (χ0) is 13.6. The monoisotopic (exact) mass is 277 g/mol. The number of aromatic nitrogens is 2. The van der Waals surface area contributed by atoms with Gasteiger partial charge in [0.15, 0.2) is 0 Å². The van der Waals surface area contributed by atoms with Gasteiger partial charge >= 0.3 is 0 Å². The summed E-state index contributed by atoms with van der Waals surface area (Å²) in [5.41, 5.74) is 1.45. The van der Waals surface area contributed by atoms with E-state index in [-0.39, 0.29) is 11.6 Å². The lowest BCUT2D eigenvalue weighted by molar-refractivity contribution is 0.0963. The number of thioether (sulfide) groups is 1. The molecule has 1 fully saturated rings. The summed E-state index contributed by atoms with van der Waals surface area (Å²) in [6, 6.07) is 0. The molecular formula is C13H15N3O2S. The van der Waals surface area contributed by atoms with E-state index in [1.54, 1.807) is 7.05 Å². The van der Waals surface area contributed by atoms with E-state index in [4.69, 9.17) is 0 Å². The molecule has 2 heterocycles. The Kier molecular flexibility index (Phi) is 2.97. The summed E-state index contributed by atoms with van der Waals surface area (Å²) in [4.78, 5) is 27.7. The van der Waals surface area contributed by atoms with Crippen LogP contribution in [0.1, 0.15) is 34.2 Å². The van der Waals surface area contributed by atoms with Crippen molar-refractivity contribution in [3.63, 3.8) is 0 Å². The average Bonchev–Trinajstić information content (AvgIpc) is 3.14. The lowest BCUT2D eigenvalue weighted by Gasteiger charge is -2.19. The largest absolute Gasteiger partial charge is 0.364 e. The van der Waals surface area contributed by atoms with Crippen LogP contribution in [0.15, 0.2) is 16.8 Å². The first-order valence-corrected chi connectivity index (χ1v) is 7.37. The zero-order valence-corrected chi connectivity index (χ0v) is 11.8. The Labute approximate surface area is 115 Å². The smallest absolute Gasteiger partial charge is 0.220 e. The maximum absolute atomic E-state index is 12.6. The Morgan fingerprint density at radius 1 is 1.32 bits per heavy atom. The number of rotatable bonds is 4. The molecule has 3 rings (SSSR count). The van der Waals surface area contributed by atoms with Crippen molar-refractivity contribution in [3.05, 3.63) is 28.1 Å². The standard InChI is InChI=1S/C13H15N3O2S/c1-3-6-19-13-10(16-4-5-16)11(17)8-7-14-15(2)9(8)12(13)18/h7H,3-6H2,1-2H3. The van der Waals surface area contributed by atoms with Gasteiger partial charge in [0.25, 0.3) is 0 Å². The van der Waals surface area contributed by atoms with E-state index in [1.807, 2.05) is 4.90 Å². The van der Waals surface area contributed by atoms with E-state index in [0.717, 1.165) is 25.3 Å². The summed E-state index contributed by atoms with van der Waals surface area (Å²) >= 11 is 1.49. The zero-order valence-electron chi connectivity index (χ0n) is 11.0. The number of fused-ring (bicyclic) bond motifs is 1. The Bertz CT molecular complexity index is 599. The Morgan fingerprint density at radius 3 is 2.68 bits per heavy atom. The number of nitrogens with zero attached hydrogens (tertiary/aromatic N) is 3. The van der Waals surface area contributed by atoms with Crippen molar-refractivity contribution in [2.75, 3.05) is 18.8 Å². The fourth-order valence-corrected chi connectivity index (χ4v) is 3.21. The fraction of sp³-hybridized carbons (Fsp3) is 0.462. The van der Waals surface area contributed by atoms with Gasteiger partial charge in [-0.25, -0.2) is 0 Å². The maximum atomic E-state index is 12.6. The first-order chi connectivity index (χ1) is 9.15. The van der Waals surface area contributed by atoms with Crippen molar-refractivity contribution < 1.29 is 9.59 Å². The van der Waals surface area contributed by atoms with E-state index >= 15 is 0 Å². The first-order valence-electron chi connectivity index (χ1n) is 6.38. The Balaban J connectivity index is 2.09. The van der Waals surface area contributed by atoms with Crippen molar-refractivity contribution in [1.82, 2.24) is 14.7 Å². The number of allylic oxidation sites excluding steroid dienone is 2. The third-order valence-corrected chi connectivity index (χ3v) is 4.53. The highest BCUT2D eigenvalue weighted by Gasteiger charge is 2.40. The number of carbonyl (C=O) groups is 2. The minimum atomic E-state index is -0.0602. The second-order valence-electron chi connectivity index (χ2n) is 4.70. The molecule has 0 saturated carbocycles. The van der Waals surface area contributed by atoms with Crippen molar-refractivity contribution in [2.24, 2.45) is 7.05 Å². The minimum Gasteiger partial charge on any atom is -0.364 e. The second-order valence-corrected chi connectivity index (χ2v) is 5.81. The first kappa shape index (κ1) is 12.5. The Hall–Kier alpha value is -1.56. The fourth-order valence-electron chi connectivity index (χ4n) is 2.22. The Morgan fingerprint density at radius 2 is 2.05 bits per heavy atom. The SMILES string of the molecule is CCCSC1=C(N2CC2)C(=O)c2cnn(C)c2C1=O. The molecule has 0 unspecified atom stereocenters. The number of hydrogen-bond donors (Lipinski definition) is 0. The molecule has 1 aliphatic heterocycles. The molecule has 5 nitrogen and oxygen atoms in total. The predicted molar refractivity (Wildman–Crippen MR) is 73.2 cm³/mol. The second kappa shape index (κ2) is 4.52. The van der Waals surface area contributed by atoms with Crippen LogP contribution < -0.4 is 0 Å². The summed E-state index contributed by atoms with van der Waals surface area (Å²) in [5.74, 6) is 0.729. The number of aryl methyl sites for hydroxylation is 1. The van der Waals surface area contributed by atoms with Crippen LogP contribution >= 0.6 is 11.8 Å². The van der Waals surface area contributed by atoms with Crippen LogP contribution in [0.3, 0.4) is 0 Å². The van der Waals surface area contributed by atoms with E-state index in [2.05, 4.69) is 12.0 Å². The topological polar surface area (TPSA) is 55.0 Å². The number of hydrogen-bond acceptors (Lipinski definition) is 5. The third-order valence-electron chi connectivity index (χ3n) is 3.25. The molecule has 1 aliphatic carbocycles. The van der Waals surface area contributed by atoms with E-state index in [9.17, 15) is 9.59 Å². The van der Waals surface area contributed by atoms with Crippen molar-refractivity contribution >= 4 is 23.3 Å². The van der Waals surface area contributed by atoms with Crippen molar-refractivity contribution in [3.8, 4) is 0 Å². The summed E-state index contributed by atoms with van der Waals surface area (Å²) in [6.07, 6.45) is 2.47. The number of Topliss-reactive ketones (excluding diaryl/α,β-unsaturated/α-hetero) is 2. The highest BCUT2D eigenvalue weighted by Crippen LogP contribution is 2.36. The van der Waals surface area contributed by atoms with Crippen molar-refractivity contribution in [2.45, 2.75) is 13.3 Å². The summed E-state index contributed by atoms with van der Waals surface area (Å²) in [7, 11) is 1.70. The molecule has 0 bridgehead atoms. The molecule has 19 heavy (non-hydrogen) atoms. The van der Waals surface area contributed by atoms with Gasteiger partial charge in [-0.1, -0.05) is 6.92 Å². The maximum Gasteiger partial charge on any atom is 0.220 e. The highest BCUT2D eigenvalue weighted by atomic mass is 32.2. The quantitative estimate of drug-likeness (QED) is 0.780. The van der Waals surface area contributed by atoms with Crippen LogP contribution in [-0.4, -0.2) is 45.1 Å². The summed E-state index contributed by atoms with van der Waals surface area (Å²) in [6.45, 7) is 3.79. The molecule has 6 heteroatoms. The molecular weight excluding hydrogens is 262 g/mol. The van der Waals surface area contributed by atoms with Crippen LogP contribution in [-0.2, 0) is 7.05 Å². The lowest BCUT2D eigenvalue weighted by Crippen LogP contribution is -2.25. The molecule has 0 radical (unpaired) electrons. The molecule has 1 aromatic rings. The molecule has 1 aromatic heterocycles. The van der Waals surface area contributed by atoms with E-state index in [1.165, 1.54) is 22.6 Å². The van der Waals surface area contributed by atoms with Gasteiger partial charge in [0.05, 0.1) is 16.7 Å². The molecule has 0 aromatic carbocycles. The minimum absolute atomic E-state index is 0.0567. The van der Waals surface area contributed by atoms with Crippen LogP contribution in [0.4, 0.5) is 0 Å². The van der Waals surface area contributed by atoms with E-state index in [0.29, 0.717) is 21.9 Å². The van der Waals surface area contributed by atoms with Gasteiger partial charge in [-0.2, -0.15) is 5.10 Å². The van der Waals surface area contributed by atoms with Crippen LogP contribution in [0.2, 0.25) is 0 Å². The van der Waals surface area contributed by atoms with Crippen LogP contribution in [0, 0.1) is 0 Å². The van der Waals surface area contributed by atoms with E-state index < -0.39 is 0 Å². The molecule has 100 valence electrons. The summed E-state index contributed by atoms with van der Waals surface area (Å²) < 4.78 is 1.50. The van der Waals surface area contributed by atoms with Gasteiger partial charge in [0.1, 0.15) is 11.4 Å². The number of carbonyl (C=O) groups excluding carboxylic acids is 2. The van der Waals surface area contributed by atoms with Crippen molar-refractivity contribution in [1.29, 1.82) is 0 Å². The lowest BCUT2D eigenvalue weighted by atomic mass is 9.99. The van der Waals surface area contributed by atoms with Crippen LogP contribution in [0.5, 0.6) is 0 Å². The summed E-state index contributed by atoms with van der Waals surface area (Å²) in [5, 5.41) is 4.05. The van der Waals surface area contributed by atoms with Gasteiger partial charge < -0.3 is 4.90 Å². The van der Waals surface area contributed by atoms with Gasteiger partial charge in [0, 0.05) is 20.1 Å². The number of ketones is 2. The van der Waals surface area contributed by atoms with Gasteiger partial charge in [-0.3, -0.25) is 14.3 Å². The van der Waals surface area contributed by atoms with Gasteiger partial charge in [-0.15, -0.1) is 11.8 Å². The third kappa shape index (κ3) is 1.90. The molecule has 0 amide bonds. The highest BCUT2D eigenvalue weighted by molar-refractivity contribution is 8.04. The molecule has 2 aliphatic rings. The normalized spacial score (nSPS) is 18.1.